The second-order valence-corrected chi connectivity index (χ2v) is 16.3. The van der Waals surface area contributed by atoms with E-state index in [9.17, 15) is 15.0 Å². The molecule has 11 heteroatoms. The molecule has 7 rings (SSSR count). The van der Waals surface area contributed by atoms with E-state index >= 15 is 0 Å². The maximum Gasteiger partial charge on any atom is 0.165 e. The number of carbonyl (C=O) groups is 1. The highest BCUT2D eigenvalue weighted by Crippen LogP contribution is 2.63. The standard InChI is InChI=1S/C38H59NO10/c1-6-22(40)9-10-24-14-20(2)21(3)29(44-24)17-30-26(33(43-5)28(45-30)8-7-13-39)16-23(41)15-25-11-12-32-38(48-25)18-27(38)34-36(47-32)35-31(46-34)19-37(4,42)49-35/h6,20,22,24-36,40,42H,1,3,7-19,39H2,2,4-5H3/t20-,22-,24+,25-,26+,27-,28-,29-,30+,31-,32+,33-,34+,35+,36-,37?,38?/m1/s1. The Balaban J connectivity index is 0.982. The van der Waals surface area contributed by atoms with E-state index < -0.39 is 17.5 Å². The number of ketones is 1. The van der Waals surface area contributed by atoms with Crippen LogP contribution in [0.1, 0.15) is 90.9 Å². The van der Waals surface area contributed by atoms with Crippen LogP contribution in [0.5, 0.6) is 0 Å². The number of methoxy groups -OCH3 is 1. The Kier molecular flexibility index (Phi) is 10.5. The Hall–Kier alpha value is -1.25. The molecule has 6 aliphatic heterocycles. The van der Waals surface area contributed by atoms with Crippen LogP contribution < -0.4 is 5.73 Å². The zero-order valence-corrected chi connectivity index (χ0v) is 29.6. The molecule has 4 N–H and O–H groups in total. The van der Waals surface area contributed by atoms with Crippen LogP contribution in [0.15, 0.2) is 24.8 Å². The number of Topliss-reactive ketones (excluding diaryl/α,β-unsaturated/α-hetero) is 1. The number of aliphatic hydroxyl groups excluding tert-OH is 1. The molecule has 0 bridgehead atoms. The summed E-state index contributed by atoms with van der Waals surface area (Å²) in [5, 5.41) is 20.5. The van der Waals surface area contributed by atoms with Gasteiger partial charge in [0.2, 0.25) is 0 Å². The number of rotatable bonds is 14. The maximum absolute atomic E-state index is 13.9. The van der Waals surface area contributed by atoms with Crippen molar-refractivity contribution in [2.75, 3.05) is 13.7 Å². The molecule has 17 atom stereocenters. The fourth-order valence-corrected chi connectivity index (χ4v) is 10.1. The SMILES string of the molecule is C=C[C@@H](O)CC[C@H]1C[C@@H](C)C(=C)[C@@H](C[C@@H]2O[C@H](CCCN)[C@H](OC)[C@H]2CC(=O)C[C@H]2CC[C@@H]3O[C@@H]4[C@@H](O[C@@H]5CC(C)(O)O[C@H]45)[C@H]4CC34O2)O1. The van der Waals surface area contributed by atoms with Crippen LogP contribution in [-0.2, 0) is 38.0 Å². The minimum Gasteiger partial charge on any atom is -0.389 e. The first kappa shape index (κ1) is 36.1. The van der Waals surface area contributed by atoms with Gasteiger partial charge in [0.05, 0.1) is 61.0 Å². The van der Waals surface area contributed by atoms with Crippen molar-refractivity contribution in [2.24, 2.45) is 23.5 Å². The van der Waals surface area contributed by atoms with Crippen LogP contribution in [0, 0.1) is 17.8 Å². The minimum absolute atomic E-state index is 0.0152. The molecule has 276 valence electrons. The third kappa shape index (κ3) is 7.11. The molecule has 0 radical (unpaired) electrons. The highest BCUT2D eigenvalue weighted by atomic mass is 16.7. The van der Waals surface area contributed by atoms with E-state index in [1.807, 2.05) is 0 Å². The third-order valence-corrected chi connectivity index (χ3v) is 12.7. The second kappa shape index (κ2) is 14.3. The van der Waals surface area contributed by atoms with Crippen molar-refractivity contribution in [3.8, 4) is 0 Å². The van der Waals surface area contributed by atoms with Gasteiger partial charge in [0.25, 0.3) is 0 Å². The molecule has 7 aliphatic rings. The van der Waals surface area contributed by atoms with E-state index in [-0.39, 0.29) is 90.7 Å². The van der Waals surface area contributed by atoms with E-state index in [2.05, 4.69) is 20.1 Å². The van der Waals surface area contributed by atoms with Crippen LogP contribution in [-0.4, -0.2) is 114 Å². The molecule has 1 saturated carbocycles. The van der Waals surface area contributed by atoms with Gasteiger partial charge in [0, 0.05) is 44.6 Å². The van der Waals surface area contributed by atoms with E-state index in [4.69, 9.17) is 38.9 Å². The molecule has 0 aromatic heterocycles. The first-order valence-corrected chi connectivity index (χ1v) is 18.9. The summed E-state index contributed by atoms with van der Waals surface area (Å²) in [7, 11) is 1.71. The summed E-state index contributed by atoms with van der Waals surface area (Å²) >= 11 is 0. The summed E-state index contributed by atoms with van der Waals surface area (Å²) in [6.45, 7) is 12.5. The first-order valence-electron chi connectivity index (χ1n) is 18.9. The monoisotopic (exact) mass is 689 g/mol. The number of nitrogens with two attached hydrogens (primary N) is 1. The van der Waals surface area contributed by atoms with E-state index in [1.165, 1.54) is 0 Å². The average Bonchev–Trinajstić information content (AvgIpc) is 3.40. The van der Waals surface area contributed by atoms with E-state index in [1.54, 1.807) is 20.1 Å². The fourth-order valence-electron chi connectivity index (χ4n) is 10.1. The zero-order valence-electron chi connectivity index (χ0n) is 29.6. The number of carbonyl (C=O) groups excluding carboxylic acids is 1. The molecule has 1 spiro atoms. The van der Waals surface area contributed by atoms with E-state index in [0.29, 0.717) is 38.6 Å². The summed E-state index contributed by atoms with van der Waals surface area (Å²) in [6.07, 6.45) is 7.30. The highest BCUT2D eigenvalue weighted by molar-refractivity contribution is 5.79. The van der Waals surface area contributed by atoms with Gasteiger partial charge < -0.3 is 49.1 Å². The largest absolute Gasteiger partial charge is 0.389 e. The molecular formula is C38H59NO10. The normalized spacial score (nSPS) is 49.1. The van der Waals surface area contributed by atoms with Crippen LogP contribution in [0.4, 0.5) is 0 Å². The van der Waals surface area contributed by atoms with Crippen LogP contribution in [0.25, 0.3) is 0 Å². The molecule has 11 nitrogen and oxygen atoms in total. The Morgan fingerprint density at radius 3 is 2.63 bits per heavy atom. The Morgan fingerprint density at radius 1 is 1.06 bits per heavy atom. The molecule has 49 heavy (non-hydrogen) atoms. The lowest BCUT2D eigenvalue weighted by Gasteiger charge is -2.44. The Labute approximate surface area is 291 Å². The lowest BCUT2D eigenvalue weighted by atomic mass is 9.81. The molecule has 7 fully saturated rings. The Morgan fingerprint density at radius 2 is 1.88 bits per heavy atom. The summed E-state index contributed by atoms with van der Waals surface area (Å²) in [5.74, 6) is -0.648. The lowest BCUT2D eigenvalue weighted by molar-refractivity contribution is -0.252. The third-order valence-electron chi connectivity index (χ3n) is 12.7. The molecule has 0 amide bonds. The summed E-state index contributed by atoms with van der Waals surface area (Å²) in [6, 6.07) is 0. The quantitative estimate of drug-likeness (QED) is 0.230. The van der Waals surface area contributed by atoms with Gasteiger partial charge in [0.15, 0.2) is 5.79 Å². The lowest BCUT2D eigenvalue weighted by Crippen LogP contribution is -2.55. The molecule has 1 aliphatic carbocycles. The van der Waals surface area contributed by atoms with Gasteiger partial charge in [-0.15, -0.1) is 6.58 Å². The van der Waals surface area contributed by atoms with Gasteiger partial charge in [-0.25, -0.2) is 0 Å². The number of hydrogen-bond acceptors (Lipinski definition) is 11. The second-order valence-electron chi connectivity index (χ2n) is 16.3. The highest BCUT2D eigenvalue weighted by Gasteiger charge is 2.74. The van der Waals surface area contributed by atoms with Crippen molar-refractivity contribution >= 4 is 5.78 Å². The zero-order chi connectivity index (χ0) is 34.7. The number of aliphatic hydroxyl groups is 2. The Bertz CT molecular complexity index is 1230. The molecule has 0 aromatic rings. The number of ether oxygens (including phenoxy) is 7. The number of hydrogen-bond donors (Lipinski definition) is 3. The van der Waals surface area contributed by atoms with Crippen LogP contribution >= 0.6 is 0 Å². The molecule has 0 aromatic carbocycles. The van der Waals surface area contributed by atoms with Gasteiger partial charge in [-0.3, -0.25) is 4.79 Å². The minimum atomic E-state index is -1.18. The summed E-state index contributed by atoms with van der Waals surface area (Å²) in [5.41, 5.74) is 6.53. The maximum atomic E-state index is 13.9. The summed E-state index contributed by atoms with van der Waals surface area (Å²) < 4.78 is 45.0. The predicted octanol–water partition coefficient (Wildman–Crippen LogP) is 3.51. The van der Waals surface area contributed by atoms with Crippen molar-refractivity contribution in [2.45, 2.75) is 176 Å². The van der Waals surface area contributed by atoms with Gasteiger partial charge in [-0.2, -0.15) is 0 Å². The van der Waals surface area contributed by atoms with Crippen LogP contribution in [0.3, 0.4) is 0 Å². The van der Waals surface area contributed by atoms with Gasteiger partial charge in [0.1, 0.15) is 23.6 Å². The van der Waals surface area contributed by atoms with Gasteiger partial charge in [-0.05, 0) is 76.3 Å². The average molecular weight is 690 g/mol. The molecule has 6 heterocycles. The topological polar surface area (TPSA) is 148 Å². The first-order chi connectivity index (χ1) is 23.4. The van der Waals surface area contributed by atoms with Crippen LogP contribution in [0.2, 0.25) is 0 Å². The summed E-state index contributed by atoms with van der Waals surface area (Å²) in [4.78, 5) is 13.9. The fraction of sp³-hybridized carbons (Fsp3) is 0.868. The van der Waals surface area contributed by atoms with Gasteiger partial charge >= 0.3 is 0 Å². The van der Waals surface area contributed by atoms with E-state index in [0.717, 1.165) is 50.5 Å². The predicted molar refractivity (Wildman–Crippen MR) is 179 cm³/mol. The van der Waals surface area contributed by atoms with Crippen molar-refractivity contribution in [1.82, 2.24) is 0 Å². The van der Waals surface area contributed by atoms with Crippen molar-refractivity contribution in [3.63, 3.8) is 0 Å². The molecule has 2 unspecified atom stereocenters. The smallest absolute Gasteiger partial charge is 0.165 e. The van der Waals surface area contributed by atoms with Crippen molar-refractivity contribution < 1.29 is 48.2 Å². The number of fused-ring (bicyclic) bond motifs is 4. The molecule has 6 saturated heterocycles. The van der Waals surface area contributed by atoms with Gasteiger partial charge in [-0.1, -0.05) is 19.6 Å². The van der Waals surface area contributed by atoms with Crippen molar-refractivity contribution in [1.29, 1.82) is 0 Å². The van der Waals surface area contributed by atoms with Crippen molar-refractivity contribution in [3.05, 3.63) is 24.8 Å². The molecular weight excluding hydrogens is 630 g/mol.